The van der Waals surface area contributed by atoms with Crippen molar-refractivity contribution in [1.82, 2.24) is 0 Å². The SMILES string of the molecule is CCCCC[C@@H](N)c1ccc(F)c(F)c1.Cl. The van der Waals surface area contributed by atoms with E-state index in [0.717, 1.165) is 31.7 Å². The summed E-state index contributed by atoms with van der Waals surface area (Å²) in [5.41, 5.74) is 6.54. The second-order valence-electron chi connectivity index (χ2n) is 3.78. The maximum absolute atomic E-state index is 12.9. The van der Waals surface area contributed by atoms with Gasteiger partial charge >= 0.3 is 0 Å². The van der Waals surface area contributed by atoms with Gasteiger partial charge < -0.3 is 5.73 Å². The van der Waals surface area contributed by atoms with Crippen LogP contribution in [0.5, 0.6) is 0 Å². The van der Waals surface area contributed by atoms with Gasteiger partial charge in [0, 0.05) is 6.04 Å². The molecule has 0 aliphatic heterocycles. The number of halogens is 3. The lowest BCUT2D eigenvalue weighted by molar-refractivity contribution is 0.502. The Balaban J connectivity index is 0.00000225. The molecule has 0 heterocycles. The summed E-state index contributed by atoms with van der Waals surface area (Å²) in [7, 11) is 0. The lowest BCUT2D eigenvalue weighted by Crippen LogP contribution is -2.10. The van der Waals surface area contributed by atoms with Crippen molar-refractivity contribution < 1.29 is 8.78 Å². The molecule has 1 rings (SSSR count). The molecule has 0 spiro atoms. The van der Waals surface area contributed by atoms with Crippen LogP contribution in [0.3, 0.4) is 0 Å². The van der Waals surface area contributed by atoms with E-state index < -0.39 is 11.6 Å². The van der Waals surface area contributed by atoms with Gasteiger partial charge in [-0.2, -0.15) is 0 Å². The zero-order chi connectivity index (χ0) is 11.3. The number of rotatable bonds is 5. The van der Waals surface area contributed by atoms with E-state index >= 15 is 0 Å². The molecule has 0 aromatic heterocycles. The highest BCUT2D eigenvalue weighted by molar-refractivity contribution is 5.85. The van der Waals surface area contributed by atoms with Gasteiger partial charge in [-0.25, -0.2) is 8.78 Å². The number of hydrogen-bond acceptors (Lipinski definition) is 1. The first kappa shape index (κ1) is 15.3. The Bertz CT molecular complexity index is 318. The minimum Gasteiger partial charge on any atom is -0.324 e. The van der Waals surface area contributed by atoms with Gasteiger partial charge in [-0.1, -0.05) is 32.3 Å². The van der Waals surface area contributed by atoms with Crippen molar-refractivity contribution in [3.8, 4) is 0 Å². The van der Waals surface area contributed by atoms with Crippen molar-refractivity contribution >= 4 is 12.4 Å². The summed E-state index contributed by atoms with van der Waals surface area (Å²) in [5.74, 6) is -1.64. The topological polar surface area (TPSA) is 26.0 Å². The van der Waals surface area contributed by atoms with Crippen LogP contribution in [0.15, 0.2) is 18.2 Å². The van der Waals surface area contributed by atoms with E-state index in [1.807, 2.05) is 0 Å². The van der Waals surface area contributed by atoms with Gasteiger partial charge in [0.25, 0.3) is 0 Å². The van der Waals surface area contributed by atoms with Gasteiger partial charge in [-0.15, -0.1) is 12.4 Å². The molecular weight excluding hydrogens is 232 g/mol. The molecule has 0 aliphatic carbocycles. The summed E-state index contributed by atoms with van der Waals surface area (Å²) >= 11 is 0. The Morgan fingerprint density at radius 2 is 1.88 bits per heavy atom. The molecule has 16 heavy (non-hydrogen) atoms. The smallest absolute Gasteiger partial charge is 0.159 e. The molecule has 2 N–H and O–H groups in total. The maximum atomic E-state index is 12.9. The number of nitrogens with two attached hydrogens (primary N) is 1. The van der Waals surface area contributed by atoms with Crippen LogP contribution in [0.1, 0.15) is 44.2 Å². The normalized spacial score (nSPS) is 12.0. The van der Waals surface area contributed by atoms with E-state index in [2.05, 4.69) is 6.92 Å². The van der Waals surface area contributed by atoms with E-state index in [0.29, 0.717) is 5.56 Å². The van der Waals surface area contributed by atoms with Crippen LogP contribution in [0, 0.1) is 11.6 Å². The molecule has 0 aliphatic rings. The van der Waals surface area contributed by atoms with Gasteiger partial charge in [0.1, 0.15) is 0 Å². The van der Waals surface area contributed by atoms with Crippen LogP contribution < -0.4 is 5.73 Å². The zero-order valence-corrected chi connectivity index (χ0v) is 10.2. The van der Waals surface area contributed by atoms with Gasteiger partial charge in [0.15, 0.2) is 11.6 Å². The standard InChI is InChI=1S/C12H17F2N.ClH/c1-2-3-4-5-12(15)9-6-7-10(13)11(14)8-9;/h6-8,12H,2-5,15H2,1H3;1H/t12-;/m1./s1. The predicted molar refractivity (Wildman–Crippen MR) is 64.7 cm³/mol. The van der Waals surface area contributed by atoms with E-state index in [1.54, 1.807) is 6.07 Å². The fraction of sp³-hybridized carbons (Fsp3) is 0.500. The molecule has 92 valence electrons. The van der Waals surface area contributed by atoms with Crippen molar-refractivity contribution in [3.05, 3.63) is 35.4 Å². The van der Waals surface area contributed by atoms with Gasteiger partial charge in [-0.05, 0) is 24.1 Å². The van der Waals surface area contributed by atoms with Crippen LogP contribution in [0.2, 0.25) is 0 Å². The third kappa shape index (κ3) is 4.45. The summed E-state index contributed by atoms with van der Waals surface area (Å²) in [6.07, 6.45) is 4.09. The largest absolute Gasteiger partial charge is 0.324 e. The van der Waals surface area contributed by atoms with Gasteiger partial charge in [0.2, 0.25) is 0 Å². The fourth-order valence-electron chi connectivity index (χ4n) is 1.52. The Labute approximate surface area is 101 Å². The van der Waals surface area contributed by atoms with Gasteiger partial charge in [0.05, 0.1) is 0 Å². The third-order valence-corrected chi connectivity index (χ3v) is 2.49. The first-order valence-electron chi connectivity index (χ1n) is 5.35. The molecular formula is C12H18ClF2N. The van der Waals surface area contributed by atoms with Crippen molar-refractivity contribution in [2.24, 2.45) is 5.73 Å². The van der Waals surface area contributed by atoms with Crippen molar-refractivity contribution in [1.29, 1.82) is 0 Å². The molecule has 0 amide bonds. The molecule has 0 bridgehead atoms. The summed E-state index contributed by atoms with van der Waals surface area (Å²) in [4.78, 5) is 0. The summed E-state index contributed by atoms with van der Waals surface area (Å²) in [6.45, 7) is 2.11. The fourth-order valence-corrected chi connectivity index (χ4v) is 1.52. The monoisotopic (exact) mass is 249 g/mol. The summed E-state index contributed by atoms with van der Waals surface area (Å²) in [6, 6.07) is 3.68. The van der Waals surface area contributed by atoms with Gasteiger partial charge in [-0.3, -0.25) is 0 Å². The second-order valence-corrected chi connectivity index (χ2v) is 3.78. The van der Waals surface area contributed by atoms with E-state index in [1.165, 1.54) is 6.07 Å². The first-order chi connectivity index (χ1) is 7.15. The van der Waals surface area contributed by atoms with Crippen molar-refractivity contribution in [2.45, 2.75) is 38.6 Å². The first-order valence-corrected chi connectivity index (χ1v) is 5.35. The molecule has 0 unspecified atom stereocenters. The Hall–Kier alpha value is -0.670. The molecule has 0 saturated carbocycles. The average Bonchev–Trinajstić information content (AvgIpc) is 2.22. The van der Waals surface area contributed by atoms with Crippen LogP contribution in [-0.2, 0) is 0 Å². The minimum absolute atomic E-state index is 0. The number of hydrogen-bond donors (Lipinski definition) is 1. The van der Waals surface area contributed by atoms with Crippen LogP contribution >= 0.6 is 12.4 Å². The third-order valence-electron chi connectivity index (χ3n) is 2.49. The highest BCUT2D eigenvalue weighted by Gasteiger charge is 2.08. The lowest BCUT2D eigenvalue weighted by Gasteiger charge is -2.11. The average molecular weight is 250 g/mol. The Kier molecular flexibility index (Phi) is 7.26. The molecule has 1 atom stereocenters. The highest BCUT2D eigenvalue weighted by atomic mass is 35.5. The second kappa shape index (κ2) is 7.58. The van der Waals surface area contributed by atoms with Crippen LogP contribution in [-0.4, -0.2) is 0 Å². The lowest BCUT2D eigenvalue weighted by atomic mass is 10.0. The molecule has 0 fully saturated rings. The molecule has 1 nitrogen and oxygen atoms in total. The van der Waals surface area contributed by atoms with Crippen LogP contribution in [0.4, 0.5) is 8.78 Å². The van der Waals surface area contributed by atoms with E-state index in [-0.39, 0.29) is 18.4 Å². The summed E-state index contributed by atoms with van der Waals surface area (Å²) < 4.78 is 25.6. The molecule has 1 aromatic rings. The maximum Gasteiger partial charge on any atom is 0.159 e. The molecule has 0 saturated heterocycles. The van der Waals surface area contributed by atoms with Crippen molar-refractivity contribution in [2.75, 3.05) is 0 Å². The molecule has 0 radical (unpaired) electrons. The van der Waals surface area contributed by atoms with Crippen molar-refractivity contribution in [3.63, 3.8) is 0 Å². The highest BCUT2D eigenvalue weighted by Crippen LogP contribution is 2.19. The number of benzene rings is 1. The molecule has 4 heteroatoms. The zero-order valence-electron chi connectivity index (χ0n) is 9.38. The minimum atomic E-state index is -0.821. The van der Waals surface area contributed by atoms with E-state index in [4.69, 9.17) is 5.73 Å². The number of unbranched alkanes of at least 4 members (excludes halogenated alkanes) is 2. The van der Waals surface area contributed by atoms with Crippen LogP contribution in [0.25, 0.3) is 0 Å². The quantitative estimate of drug-likeness (QED) is 0.786. The predicted octanol–water partition coefficient (Wildman–Crippen LogP) is 3.97. The Morgan fingerprint density at radius 3 is 2.44 bits per heavy atom. The van der Waals surface area contributed by atoms with E-state index in [9.17, 15) is 8.78 Å². The Morgan fingerprint density at radius 1 is 1.19 bits per heavy atom. The summed E-state index contributed by atoms with van der Waals surface area (Å²) in [5, 5.41) is 0. The molecule has 1 aromatic carbocycles.